The van der Waals surface area contributed by atoms with Crippen molar-refractivity contribution in [2.75, 3.05) is 67.7 Å². The number of ether oxygens (including phenoxy) is 3. The van der Waals surface area contributed by atoms with Crippen LogP contribution in [0.25, 0.3) is 0 Å². The van der Waals surface area contributed by atoms with E-state index in [4.69, 9.17) is 19.2 Å². The molecule has 3 heterocycles. The Morgan fingerprint density at radius 3 is 2.41 bits per heavy atom. The van der Waals surface area contributed by atoms with Crippen LogP contribution in [0, 0.1) is 0 Å². The van der Waals surface area contributed by atoms with Crippen LogP contribution in [-0.2, 0) is 9.47 Å². The molecule has 1 saturated carbocycles. The van der Waals surface area contributed by atoms with Crippen molar-refractivity contribution in [3.63, 3.8) is 0 Å². The number of rotatable bonds is 8. The number of nitrogens with zero attached hydrogens (tertiary/aromatic N) is 6. The van der Waals surface area contributed by atoms with Crippen LogP contribution in [0.2, 0.25) is 0 Å². The van der Waals surface area contributed by atoms with Gasteiger partial charge in [-0.1, -0.05) is 0 Å². The third kappa shape index (κ3) is 6.37. The van der Waals surface area contributed by atoms with Crippen molar-refractivity contribution in [3.8, 4) is 5.75 Å². The maximum Gasteiger partial charge on any atom is 0.227 e. The molecule has 0 radical (unpaired) electrons. The van der Waals surface area contributed by atoms with Gasteiger partial charge in [-0.25, -0.2) is 4.98 Å². The number of nitrogens with one attached hydrogen (secondary N) is 1. The minimum Gasteiger partial charge on any atom is -0.488 e. The van der Waals surface area contributed by atoms with Crippen molar-refractivity contribution in [1.82, 2.24) is 9.97 Å². The Morgan fingerprint density at radius 1 is 1.03 bits per heavy atom. The minimum absolute atomic E-state index is 0.117. The van der Waals surface area contributed by atoms with Crippen LogP contribution in [0.5, 0.6) is 5.75 Å². The first-order valence-corrected chi connectivity index (χ1v) is 13.3. The summed E-state index contributed by atoms with van der Waals surface area (Å²) in [5, 5.41) is 3.61. The van der Waals surface area contributed by atoms with Crippen LogP contribution in [0.4, 0.5) is 28.8 Å². The third-order valence-corrected chi connectivity index (χ3v) is 7.10. The second-order valence-electron chi connectivity index (χ2n) is 9.53. The van der Waals surface area contributed by atoms with Gasteiger partial charge in [0, 0.05) is 56.4 Å². The third-order valence-electron chi connectivity index (χ3n) is 7.10. The SMILES string of the molecule is C=Nc1c(N=CC)cc(N2CCOCC2)cc1OC1CCC(Nc2ccnc(N3CCOCC3)n2)CC1. The van der Waals surface area contributed by atoms with Crippen molar-refractivity contribution >= 4 is 41.8 Å². The molecule has 37 heavy (non-hydrogen) atoms. The van der Waals surface area contributed by atoms with E-state index in [0.717, 1.165) is 107 Å². The summed E-state index contributed by atoms with van der Waals surface area (Å²) in [5.41, 5.74) is 2.57. The summed E-state index contributed by atoms with van der Waals surface area (Å²) in [7, 11) is 0. The molecule has 1 aromatic carbocycles. The molecule has 5 rings (SSSR count). The molecular weight excluding hydrogens is 470 g/mol. The molecule has 0 amide bonds. The fourth-order valence-corrected chi connectivity index (χ4v) is 5.13. The van der Waals surface area contributed by atoms with Gasteiger partial charge < -0.3 is 29.3 Å². The lowest BCUT2D eigenvalue weighted by molar-refractivity contribution is 0.122. The van der Waals surface area contributed by atoms with E-state index in [1.54, 1.807) is 6.21 Å². The smallest absolute Gasteiger partial charge is 0.227 e. The Kier molecular flexibility index (Phi) is 8.47. The molecule has 3 aliphatic rings. The lowest BCUT2D eigenvalue weighted by atomic mass is 9.93. The van der Waals surface area contributed by atoms with Crippen LogP contribution in [0.3, 0.4) is 0 Å². The van der Waals surface area contributed by atoms with Crippen LogP contribution in [0.1, 0.15) is 32.6 Å². The lowest BCUT2D eigenvalue weighted by Crippen LogP contribution is -2.37. The molecule has 10 nitrogen and oxygen atoms in total. The zero-order chi connectivity index (χ0) is 25.5. The normalized spacial score (nSPS) is 22.7. The maximum atomic E-state index is 6.56. The summed E-state index contributed by atoms with van der Waals surface area (Å²) in [6, 6.07) is 6.45. The number of aromatic nitrogens is 2. The largest absolute Gasteiger partial charge is 0.488 e. The zero-order valence-electron chi connectivity index (χ0n) is 21.6. The summed E-state index contributed by atoms with van der Waals surface area (Å²) in [6.45, 7) is 11.9. The number of morpholine rings is 2. The molecule has 1 N–H and O–H groups in total. The van der Waals surface area contributed by atoms with Crippen molar-refractivity contribution in [1.29, 1.82) is 0 Å². The van der Waals surface area contributed by atoms with Gasteiger partial charge in [0.15, 0.2) is 0 Å². The molecule has 10 heteroatoms. The van der Waals surface area contributed by atoms with Crippen molar-refractivity contribution < 1.29 is 14.2 Å². The monoisotopic (exact) mass is 507 g/mol. The average molecular weight is 508 g/mol. The summed E-state index contributed by atoms with van der Waals surface area (Å²) in [4.78, 5) is 22.5. The number of anilines is 3. The molecule has 198 valence electrons. The Balaban J connectivity index is 1.22. The highest BCUT2D eigenvalue weighted by Gasteiger charge is 2.25. The first-order chi connectivity index (χ1) is 18.2. The fourth-order valence-electron chi connectivity index (χ4n) is 5.13. The molecule has 2 aliphatic heterocycles. The van der Waals surface area contributed by atoms with Gasteiger partial charge in [-0.2, -0.15) is 4.98 Å². The Morgan fingerprint density at radius 2 is 1.73 bits per heavy atom. The van der Waals surface area contributed by atoms with E-state index in [2.05, 4.69) is 48.9 Å². The van der Waals surface area contributed by atoms with E-state index in [1.165, 1.54) is 0 Å². The molecule has 0 unspecified atom stereocenters. The highest BCUT2D eigenvalue weighted by atomic mass is 16.5. The van der Waals surface area contributed by atoms with Gasteiger partial charge in [0.2, 0.25) is 5.95 Å². The van der Waals surface area contributed by atoms with E-state index in [9.17, 15) is 0 Å². The predicted molar refractivity (Wildman–Crippen MR) is 148 cm³/mol. The fraction of sp³-hybridized carbons (Fsp3) is 0.556. The Labute approximate surface area is 218 Å². The molecule has 3 fully saturated rings. The molecule has 0 bridgehead atoms. The van der Waals surface area contributed by atoms with Gasteiger partial charge in [-0.15, -0.1) is 0 Å². The number of hydrogen-bond acceptors (Lipinski definition) is 10. The van der Waals surface area contributed by atoms with Gasteiger partial charge in [-0.3, -0.25) is 9.98 Å². The predicted octanol–water partition coefficient (Wildman–Crippen LogP) is 4.01. The number of hydrogen-bond donors (Lipinski definition) is 1. The molecule has 2 aromatic rings. The number of benzene rings is 1. The van der Waals surface area contributed by atoms with Gasteiger partial charge in [0.05, 0.1) is 38.2 Å². The van der Waals surface area contributed by atoms with Gasteiger partial charge in [0.25, 0.3) is 0 Å². The van der Waals surface area contributed by atoms with Crippen molar-refractivity contribution in [2.24, 2.45) is 9.98 Å². The second kappa shape index (κ2) is 12.3. The highest BCUT2D eigenvalue weighted by molar-refractivity contribution is 5.80. The van der Waals surface area contributed by atoms with Crippen LogP contribution < -0.4 is 19.9 Å². The van der Waals surface area contributed by atoms with E-state index < -0.39 is 0 Å². The van der Waals surface area contributed by atoms with Crippen LogP contribution in [0.15, 0.2) is 34.4 Å². The molecule has 0 atom stereocenters. The zero-order valence-corrected chi connectivity index (χ0v) is 21.6. The molecule has 1 aliphatic carbocycles. The summed E-state index contributed by atoms with van der Waals surface area (Å²) in [6.07, 6.45) is 7.63. The van der Waals surface area contributed by atoms with Crippen molar-refractivity contribution in [3.05, 3.63) is 24.4 Å². The standard InChI is InChI=1S/C27H37N7O3/c1-3-29-23-18-21(33-10-14-35-15-11-33)19-24(26(23)28-2)37-22-6-4-20(5-7-22)31-25-8-9-30-27(32-25)34-12-16-36-17-13-34/h3,8-9,18-20,22H,2,4-7,10-17H2,1H3,(H,30,31,32). The van der Waals surface area contributed by atoms with E-state index >= 15 is 0 Å². The van der Waals surface area contributed by atoms with E-state index in [0.29, 0.717) is 11.7 Å². The Bertz CT molecular complexity index is 1080. The second-order valence-corrected chi connectivity index (χ2v) is 9.53. The molecular formula is C27H37N7O3. The molecule has 1 aromatic heterocycles. The van der Waals surface area contributed by atoms with E-state index in [-0.39, 0.29) is 6.10 Å². The van der Waals surface area contributed by atoms with Crippen LogP contribution in [-0.4, -0.2) is 87.7 Å². The molecule has 0 spiro atoms. The lowest BCUT2D eigenvalue weighted by Gasteiger charge is -2.32. The quantitative estimate of drug-likeness (QED) is 0.536. The van der Waals surface area contributed by atoms with E-state index in [1.807, 2.05) is 19.2 Å². The van der Waals surface area contributed by atoms with Crippen LogP contribution >= 0.6 is 0 Å². The maximum absolute atomic E-state index is 6.56. The van der Waals surface area contributed by atoms with Gasteiger partial charge in [-0.05, 0) is 51.5 Å². The summed E-state index contributed by atoms with van der Waals surface area (Å²) >= 11 is 0. The van der Waals surface area contributed by atoms with Gasteiger partial charge >= 0.3 is 0 Å². The summed E-state index contributed by atoms with van der Waals surface area (Å²) in [5.74, 6) is 2.39. The summed E-state index contributed by atoms with van der Waals surface area (Å²) < 4.78 is 17.5. The van der Waals surface area contributed by atoms with Gasteiger partial charge in [0.1, 0.15) is 17.3 Å². The highest BCUT2D eigenvalue weighted by Crippen LogP contribution is 2.43. The first-order valence-electron chi connectivity index (χ1n) is 13.3. The van der Waals surface area contributed by atoms with Crippen molar-refractivity contribution in [2.45, 2.75) is 44.8 Å². The average Bonchev–Trinajstić information content (AvgIpc) is 2.95. The topological polar surface area (TPSA) is 96.7 Å². The number of aliphatic imine (C=N–C) groups is 2. The molecule has 2 saturated heterocycles. The first kappa shape index (κ1) is 25.4. The Hall–Kier alpha value is -3.24. The minimum atomic E-state index is 0.117.